The zero-order valence-electron chi connectivity index (χ0n) is 22.3. The summed E-state index contributed by atoms with van der Waals surface area (Å²) in [4.78, 5) is 33.9. The van der Waals surface area contributed by atoms with Crippen LogP contribution in [0.15, 0.2) is 54.9 Å². The maximum atomic E-state index is 14.9. The molecule has 2 aromatic carbocycles. The number of carbonyl (C=O) groups excluding carboxylic acids is 2. The fourth-order valence-corrected chi connectivity index (χ4v) is 4.87. The van der Waals surface area contributed by atoms with Gasteiger partial charge in [0, 0.05) is 49.1 Å². The molecule has 2 aliphatic rings. The van der Waals surface area contributed by atoms with Crippen LogP contribution in [-0.4, -0.2) is 56.1 Å². The number of hydrogen-bond acceptors (Lipinski definition) is 5. The molecule has 1 aliphatic heterocycles. The van der Waals surface area contributed by atoms with E-state index in [1.807, 2.05) is 41.1 Å². The van der Waals surface area contributed by atoms with Crippen molar-refractivity contribution in [1.29, 1.82) is 0 Å². The zero-order chi connectivity index (χ0) is 27.7. The van der Waals surface area contributed by atoms with Crippen LogP contribution in [0.5, 0.6) is 5.75 Å². The van der Waals surface area contributed by atoms with E-state index in [1.165, 1.54) is 11.0 Å². The van der Waals surface area contributed by atoms with Crippen molar-refractivity contribution < 1.29 is 27.8 Å². The van der Waals surface area contributed by atoms with E-state index in [1.54, 1.807) is 31.9 Å². The van der Waals surface area contributed by atoms with Crippen LogP contribution in [0.3, 0.4) is 0 Å². The lowest BCUT2D eigenvalue weighted by atomic mass is 10.1. The third-order valence-corrected chi connectivity index (χ3v) is 6.85. The first-order valence-electron chi connectivity index (χ1n) is 13.0. The molecule has 1 aromatic heterocycles. The number of ether oxygens (including phenoxy) is 2. The zero-order valence-corrected chi connectivity index (χ0v) is 22.3. The maximum absolute atomic E-state index is 14.9. The summed E-state index contributed by atoms with van der Waals surface area (Å²) in [6.07, 6.45) is 3.34. The molecular weight excluding hydrogens is 506 g/mol. The normalized spacial score (nSPS) is 18.3. The van der Waals surface area contributed by atoms with Crippen molar-refractivity contribution in [2.24, 2.45) is 0 Å². The number of halogens is 2. The average molecular weight is 539 g/mol. The molecule has 206 valence electrons. The van der Waals surface area contributed by atoms with Crippen LogP contribution in [0.25, 0.3) is 0 Å². The number of nitrogens with zero attached hydrogens (tertiary/aromatic N) is 4. The topological polar surface area (TPSA) is 76.9 Å². The van der Waals surface area contributed by atoms with E-state index in [4.69, 9.17) is 9.47 Å². The van der Waals surface area contributed by atoms with Gasteiger partial charge in [-0.15, -0.1) is 0 Å². The van der Waals surface area contributed by atoms with E-state index in [-0.39, 0.29) is 24.8 Å². The van der Waals surface area contributed by atoms with Crippen molar-refractivity contribution in [2.45, 2.75) is 64.4 Å². The van der Waals surface area contributed by atoms with E-state index in [9.17, 15) is 18.4 Å². The Balaban J connectivity index is 1.36. The van der Waals surface area contributed by atoms with Crippen molar-refractivity contribution in [3.8, 4) is 5.75 Å². The smallest absolute Gasteiger partial charge is 0.411 e. The number of carbonyl (C=O) groups is 2. The molecule has 10 heteroatoms. The number of rotatable bonds is 7. The van der Waals surface area contributed by atoms with Crippen molar-refractivity contribution in [3.05, 3.63) is 83.4 Å². The Kier molecular flexibility index (Phi) is 7.29. The Morgan fingerprint density at radius 2 is 1.90 bits per heavy atom. The van der Waals surface area contributed by atoms with E-state index in [0.29, 0.717) is 31.6 Å². The highest BCUT2D eigenvalue weighted by molar-refractivity contribution is 5.83. The Bertz CT molecular complexity index is 1360. The largest absolute Gasteiger partial charge is 0.486 e. The average Bonchev–Trinajstić information content (AvgIpc) is 3.52. The van der Waals surface area contributed by atoms with Crippen LogP contribution < -0.4 is 4.74 Å². The highest BCUT2D eigenvalue weighted by Gasteiger charge is 2.49. The predicted octanol–water partition coefficient (Wildman–Crippen LogP) is 4.88. The standard InChI is InChI=1S/C29H32F2N4O4/c1-29(2,3)39-28(37)35(17-26(36)34-12-11-33-10-9-32-25(33)16-34)24-15-21(24)22-13-20(30)14-23(31)27(22)38-18-19-7-5-4-6-8-19/h4-10,13-14,21,24H,11-12,15-18H2,1-3H3/t21-,24+/m0/s1. The molecule has 2 amide bonds. The second-order valence-corrected chi connectivity index (χ2v) is 11.0. The molecule has 39 heavy (non-hydrogen) atoms. The first kappa shape index (κ1) is 26.6. The monoisotopic (exact) mass is 538 g/mol. The molecule has 0 N–H and O–H groups in total. The molecule has 0 unspecified atom stereocenters. The summed E-state index contributed by atoms with van der Waals surface area (Å²) in [5.41, 5.74) is 0.380. The molecule has 0 saturated heterocycles. The number of benzene rings is 2. The van der Waals surface area contributed by atoms with Gasteiger partial charge in [0.2, 0.25) is 5.91 Å². The van der Waals surface area contributed by atoms with E-state index < -0.39 is 35.3 Å². The molecule has 3 aromatic rings. The number of aromatic nitrogens is 2. The third-order valence-electron chi connectivity index (χ3n) is 6.85. The lowest BCUT2D eigenvalue weighted by Gasteiger charge is -2.32. The van der Waals surface area contributed by atoms with Gasteiger partial charge in [-0.05, 0) is 38.8 Å². The fourth-order valence-electron chi connectivity index (χ4n) is 4.87. The first-order chi connectivity index (χ1) is 18.6. The molecule has 0 spiro atoms. The second kappa shape index (κ2) is 10.7. The minimum atomic E-state index is -0.810. The Morgan fingerprint density at radius 1 is 1.13 bits per heavy atom. The van der Waals surface area contributed by atoms with Crippen molar-refractivity contribution >= 4 is 12.0 Å². The number of hydrogen-bond donors (Lipinski definition) is 0. The van der Waals surface area contributed by atoms with Gasteiger partial charge in [0.05, 0.1) is 6.54 Å². The van der Waals surface area contributed by atoms with Crippen molar-refractivity contribution in [2.75, 3.05) is 13.1 Å². The van der Waals surface area contributed by atoms with Gasteiger partial charge in [-0.25, -0.2) is 18.6 Å². The quantitative estimate of drug-likeness (QED) is 0.429. The van der Waals surface area contributed by atoms with E-state index in [0.717, 1.165) is 17.5 Å². The molecule has 5 rings (SSSR count). The Hall–Kier alpha value is -3.95. The first-order valence-corrected chi connectivity index (χ1v) is 13.0. The highest BCUT2D eigenvalue weighted by Crippen LogP contribution is 2.49. The summed E-state index contributed by atoms with van der Waals surface area (Å²) in [7, 11) is 0. The van der Waals surface area contributed by atoms with Crippen LogP contribution in [0.2, 0.25) is 0 Å². The predicted molar refractivity (Wildman–Crippen MR) is 139 cm³/mol. The van der Waals surface area contributed by atoms with E-state index in [2.05, 4.69) is 4.98 Å². The minimum absolute atomic E-state index is 0.0499. The molecule has 0 radical (unpaired) electrons. The highest BCUT2D eigenvalue weighted by atomic mass is 19.1. The van der Waals surface area contributed by atoms with Gasteiger partial charge in [-0.3, -0.25) is 9.69 Å². The summed E-state index contributed by atoms with van der Waals surface area (Å²) >= 11 is 0. The lowest BCUT2D eigenvalue weighted by Crippen LogP contribution is -2.47. The molecule has 1 aliphatic carbocycles. The van der Waals surface area contributed by atoms with Gasteiger partial charge in [-0.1, -0.05) is 30.3 Å². The second-order valence-electron chi connectivity index (χ2n) is 11.0. The third kappa shape index (κ3) is 6.21. The van der Waals surface area contributed by atoms with Gasteiger partial charge in [0.15, 0.2) is 11.6 Å². The molecule has 0 bridgehead atoms. The van der Waals surface area contributed by atoms with Crippen LogP contribution in [-0.2, 0) is 29.2 Å². The van der Waals surface area contributed by atoms with Gasteiger partial charge in [0.1, 0.15) is 30.4 Å². The molecule has 8 nitrogen and oxygen atoms in total. The molecule has 2 heterocycles. The Labute approximate surface area is 226 Å². The summed E-state index contributed by atoms with van der Waals surface area (Å²) in [6.45, 7) is 6.58. The van der Waals surface area contributed by atoms with Crippen LogP contribution in [0.4, 0.5) is 13.6 Å². The number of fused-ring (bicyclic) bond motifs is 1. The van der Waals surface area contributed by atoms with Crippen molar-refractivity contribution in [1.82, 2.24) is 19.4 Å². The summed E-state index contributed by atoms with van der Waals surface area (Å²) in [6, 6.07) is 10.8. The summed E-state index contributed by atoms with van der Waals surface area (Å²) in [5, 5.41) is 0. The van der Waals surface area contributed by atoms with Crippen LogP contribution >= 0.6 is 0 Å². The SMILES string of the molecule is CC(C)(C)OC(=O)N(CC(=O)N1CCn2ccnc2C1)[C@@H]1C[C@H]1c1cc(F)cc(F)c1OCc1ccccc1. The summed E-state index contributed by atoms with van der Waals surface area (Å²) < 4.78 is 42.7. The summed E-state index contributed by atoms with van der Waals surface area (Å²) in [5.74, 6) is -1.48. The van der Waals surface area contributed by atoms with Crippen molar-refractivity contribution in [3.63, 3.8) is 0 Å². The lowest BCUT2D eigenvalue weighted by molar-refractivity contribution is -0.134. The molecular formula is C29H32F2N4O4. The Morgan fingerprint density at radius 3 is 2.64 bits per heavy atom. The van der Waals surface area contributed by atoms with Crippen LogP contribution in [0.1, 0.15) is 50.1 Å². The molecule has 1 fully saturated rings. The number of imidazole rings is 1. The van der Waals surface area contributed by atoms with E-state index >= 15 is 0 Å². The maximum Gasteiger partial charge on any atom is 0.411 e. The molecule has 1 saturated carbocycles. The van der Waals surface area contributed by atoms with Crippen LogP contribution in [0, 0.1) is 11.6 Å². The minimum Gasteiger partial charge on any atom is -0.486 e. The van der Waals surface area contributed by atoms with Gasteiger partial charge in [-0.2, -0.15) is 0 Å². The fraction of sp³-hybridized carbons (Fsp3) is 0.414. The van der Waals surface area contributed by atoms with Gasteiger partial charge < -0.3 is 18.9 Å². The van der Waals surface area contributed by atoms with Gasteiger partial charge >= 0.3 is 6.09 Å². The number of amides is 2. The molecule has 2 atom stereocenters. The van der Waals surface area contributed by atoms with Gasteiger partial charge in [0.25, 0.3) is 0 Å².